The van der Waals surface area contributed by atoms with E-state index in [0.29, 0.717) is 43.1 Å². The van der Waals surface area contributed by atoms with Crippen LogP contribution in [0.1, 0.15) is 17.5 Å². The standard InChI is InChI=1S/C23H24F3N3O4S/c1-27-20-6-5-19(13-16(20)14-22(27)31)34(32,33)12-7-21(30)29-10-8-28(9-11-29)18-4-2-3-17(15-18)23(24,25)26/h2-6,13,15H,7-12,14H2,1H3. The lowest BCUT2D eigenvalue weighted by atomic mass is 10.1. The molecule has 1 fully saturated rings. The quantitative estimate of drug-likeness (QED) is 0.638. The fourth-order valence-corrected chi connectivity index (χ4v) is 5.51. The molecule has 2 aromatic carbocycles. The van der Waals surface area contributed by atoms with E-state index in [4.69, 9.17) is 0 Å². The molecular weight excluding hydrogens is 471 g/mol. The van der Waals surface area contributed by atoms with E-state index in [1.807, 2.05) is 0 Å². The maximum absolute atomic E-state index is 13.0. The normalized spacial score (nSPS) is 16.7. The highest BCUT2D eigenvalue weighted by Crippen LogP contribution is 2.32. The van der Waals surface area contributed by atoms with Crippen molar-refractivity contribution in [1.82, 2.24) is 4.90 Å². The third-order valence-corrected chi connectivity index (χ3v) is 7.96. The molecule has 0 aliphatic carbocycles. The fourth-order valence-electron chi connectivity index (χ4n) is 4.23. The summed E-state index contributed by atoms with van der Waals surface area (Å²) in [4.78, 5) is 29.3. The summed E-state index contributed by atoms with van der Waals surface area (Å²) >= 11 is 0. The highest BCUT2D eigenvalue weighted by molar-refractivity contribution is 7.91. The van der Waals surface area contributed by atoms with Gasteiger partial charge in [0.15, 0.2) is 9.84 Å². The molecule has 0 unspecified atom stereocenters. The van der Waals surface area contributed by atoms with Crippen LogP contribution in [0, 0.1) is 0 Å². The van der Waals surface area contributed by atoms with Gasteiger partial charge in [-0.2, -0.15) is 13.2 Å². The number of alkyl halides is 3. The smallest absolute Gasteiger partial charge is 0.368 e. The van der Waals surface area contributed by atoms with Crippen molar-refractivity contribution < 1.29 is 31.2 Å². The number of likely N-dealkylation sites (N-methyl/N-ethyl adjacent to an activating group) is 1. The van der Waals surface area contributed by atoms with Crippen LogP contribution in [-0.2, 0) is 32.0 Å². The number of nitrogens with zero attached hydrogens (tertiary/aromatic N) is 3. The van der Waals surface area contributed by atoms with Crippen molar-refractivity contribution in [1.29, 1.82) is 0 Å². The molecule has 0 aromatic heterocycles. The Morgan fingerprint density at radius 1 is 1.03 bits per heavy atom. The summed E-state index contributed by atoms with van der Waals surface area (Å²) in [6.07, 6.45) is -4.48. The third-order valence-electron chi connectivity index (χ3n) is 6.24. The van der Waals surface area contributed by atoms with Gasteiger partial charge in [-0.05, 0) is 42.0 Å². The van der Waals surface area contributed by atoms with Gasteiger partial charge < -0.3 is 14.7 Å². The van der Waals surface area contributed by atoms with E-state index in [0.717, 1.165) is 12.1 Å². The molecule has 0 spiro atoms. The highest BCUT2D eigenvalue weighted by atomic mass is 32.2. The zero-order valence-corrected chi connectivity index (χ0v) is 19.3. The molecule has 11 heteroatoms. The average molecular weight is 496 g/mol. The Morgan fingerprint density at radius 3 is 2.41 bits per heavy atom. The van der Waals surface area contributed by atoms with Crippen molar-refractivity contribution in [3.05, 3.63) is 53.6 Å². The molecule has 182 valence electrons. The molecule has 34 heavy (non-hydrogen) atoms. The van der Waals surface area contributed by atoms with Crippen LogP contribution in [0.15, 0.2) is 47.4 Å². The molecule has 0 saturated carbocycles. The van der Waals surface area contributed by atoms with E-state index in [1.165, 1.54) is 28.0 Å². The monoisotopic (exact) mass is 495 g/mol. The Hall–Kier alpha value is -3.08. The van der Waals surface area contributed by atoms with Crippen LogP contribution < -0.4 is 9.80 Å². The lowest BCUT2D eigenvalue weighted by Crippen LogP contribution is -2.49. The minimum atomic E-state index is -4.43. The van der Waals surface area contributed by atoms with E-state index in [-0.39, 0.29) is 35.3 Å². The molecule has 2 aromatic rings. The Labute approximate surface area is 195 Å². The van der Waals surface area contributed by atoms with Crippen molar-refractivity contribution in [3.8, 4) is 0 Å². The summed E-state index contributed by atoms with van der Waals surface area (Å²) in [6, 6.07) is 9.59. The molecule has 0 atom stereocenters. The number of rotatable bonds is 5. The van der Waals surface area contributed by atoms with Crippen molar-refractivity contribution in [2.24, 2.45) is 0 Å². The van der Waals surface area contributed by atoms with Crippen LogP contribution in [0.4, 0.5) is 24.5 Å². The second kappa shape index (κ2) is 8.94. The van der Waals surface area contributed by atoms with Gasteiger partial charge in [-0.1, -0.05) is 6.07 Å². The SMILES string of the molecule is CN1C(=O)Cc2cc(S(=O)(=O)CCC(=O)N3CCN(c4cccc(C(F)(F)F)c4)CC3)ccc21. The van der Waals surface area contributed by atoms with E-state index in [1.54, 1.807) is 24.1 Å². The number of carbonyl (C=O) groups is 2. The Balaban J connectivity index is 1.33. The number of hydrogen-bond acceptors (Lipinski definition) is 5. The molecule has 2 heterocycles. The van der Waals surface area contributed by atoms with Gasteiger partial charge >= 0.3 is 6.18 Å². The second-order valence-electron chi connectivity index (χ2n) is 8.40. The van der Waals surface area contributed by atoms with Crippen molar-refractivity contribution in [3.63, 3.8) is 0 Å². The first-order valence-electron chi connectivity index (χ1n) is 10.8. The summed E-state index contributed by atoms with van der Waals surface area (Å²) < 4.78 is 64.4. The van der Waals surface area contributed by atoms with Crippen LogP contribution in [-0.4, -0.2) is 64.1 Å². The number of benzene rings is 2. The minimum absolute atomic E-state index is 0.0801. The molecule has 0 N–H and O–H groups in total. The zero-order chi connectivity index (χ0) is 24.7. The first-order valence-corrected chi connectivity index (χ1v) is 12.4. The van der Waals surface area contributed by atoms with Crippen LogP contribution in [0.3, 0.4) is 0 Å². The Kier molecular flexibility index (Phi) is 6.32. The van der Waals surface area contributed by atoms with Crippen LogP contribution in [0.25, 0.3) is 0 Å². The molecule has 4 rings (SSSR count). The number of hydrogen-bond donors (Lipinski definition) is 0. The summed E-state index contributed by atoms with van der Waals surface area (Å²) in [6.45, 7) is 1.29. The lowest BCUT2D eigenvalue weighted by Gasteiger charge is -2.36. The van der Waals surface area contributed by atoms with Crippen LogP contribution in [0.5, 0.6) is 0 Å². The fraction of sp³-hybridized carbons (Fsp3) is 0.391. The molecule has 7 nitrogen and oxygen atoms in total. The van der Waals surface area contributed by atoms with Gasteiger partial charge in [-0.3, -0.25) is 9.59 Å². The predicted molar refractivity (Wildman–Crippen MR) is 120 cm³/mol. The Bertz CT molecular complexity index is 1220. The molecule has 2 amide bonds. The first-order chi connectivity index (χ1) is 16.0. The number of sulfone groups is 1. The van der Waals surface area contributed by atoms with Gasteiger partial charge in [0, 0.05) is 51.0 Å². The van der Waals surface area contributed by atoms with Gasteiger partial charge in [0.1, 0.15) is 0 Å². The van der Waals surface area contributed by atoms with Crippen molar-refractivity contribution >= 4 is 33.0 Å². The number of halogens is 3. The van der Waals surface area contributed by atoms with Crippen LogP contribution in [0.2, 0.25) is 0 Å². The van der Waals surface area contributed by atoms with Crippen LogP contribution >= 0.6 is 0 Å². The maximum Gasteiger partial charge on any atom is 0.416 e. The molecule has 1 saturated heterocycles. The van der Waals surface area contributed by atoms with E-state index in [2.05, 4.69) is 0 Å². The largest absolute Gasteiger partial charge is 0.416 e. The van der Waals surface area contributed by atoms with Gasteiger partial charge in [-0.15, -0.1) is 0 Å². The molecule has 0 bridgehead atoms. The molecule has 2 aliphatic rings. The number of piperazine rings is 1. The van der Waals surface area contributed by atoms with E-state index < -0.39 is 21.6 Å². The number of anilines is 2. The number of fused-ring (bicyclic) bond motifs is 1. The van der Waals surface area contributed by atoms with Gasteiger partial charge in [0.05, 0.1) is 22.6 Å². The second-order valence-corrected chi connectivity index (χ2v) is 10.5. The Morgan fingerprint density at radius 2 is 1.74 bits per heavy atom. The van der Waals surface area contributed by atoms with Gasteiger partial charge in [0.25, 0.3) is 0 Å². The average Bonchev–Trinajstić information content (AvgIpc) is 3.10. The van der Waals surface area contributed by atoms with Crippen molar-refractivity contribution in [2.75, 3.05) is 48.8 Å². The topological polar surface area (TPSA) is 78.0 Å². The first kappa shape index (κ1) is 24.1. The van der Waals surface area contributed by atoms with E-state index >= 15 is 0 Å². The summed E-state index contributed by atoms with van der Waals surface area (Å²) in [5, 5.41) is 0. The van der Waals surface area contributed by atoms with Crippen molar-refractivity contribution in [2.45, 2.75) is 23.9 Å². The summed E-state index contributed by atoms with van der Waals surface area (Å²) in [7, 11) is -2.08. The lowest BCUT2D eigenvalue weighted by molar-refractivity contribution is -0.137. The highest BCUT2D eigenvalue weighted by Gasteiger charge is 2.31. The number of amides is 2. The number of carbonyl (C=O) groups excluding carboxylic acids is 2. The molecular formula is C23H24F3N3O4S. The third kappa shape index (κ3) is 4.89. The predicted octanol–water partition coefficient (Wildman–Crippen LogP) is 2.74. The summed E-state index contributed by atoms with van der Waals surface area (Å²) in [5.74, 6) is -0.783. The minimum Gasteiger partial charge on any atom is -0.368 e. The molecule has 2 aliphatic heterocycles. The van der Waals surface area contributed by atoms with E-state index in [9.17, 15) is 31.2 Å². The molecule has 0 radical (unpaired) electrons. The van der Waals surface area contributed by atoms with Gasteiger partial charge in [0.2, 0.25) is 11.8 Å². The summed E-state index contributed by atoms with van der Waals surface area (Å²) in [5.41, 5.74) is 1.03. The van der Waals surface area contributed by atoms with Gasteiger partial charge in [-0.25, -0.2) is 8.42 Å². The zero-order valence-electron chi connectivity index (χ0n) is 18.5. The maximum atomic E-state index is 13.0.